The Balaban J connectivity index is 2.11. The smallest absolute Gasteiger partial charge is 0.0281 e. The van der Waals surface area contributed by atoms with Gasteiger partial charge in [0.1, 0.15) is 0 Å². The van der Waals surface area contributed by atoms with Crippen molar-refractivity contribution >= 4 is 15.9 Å². The molecule has 0 saturated carbocycles. The second kappa shape index (κ2) is 5.09. The first-order valence-electron chi connectivity index (χ1n) is 6.20. The maximum Gasteiger partial charge on any atom is 0.0281 e. The number of nitrogens with zero attached hydrogens (tertiary/aromatic N) is 1. The first-order valence-corrected chi connectivity index (χ1v) is 6.99. The van der Waals surface area contributed by atoms with Crippen molar-refractivity contribution in [2.45, 2.75) is 32.9 Å². The number of nitrogens with one attached hydrogen (secondary N) is 1. The molecule has 94 valence electrons. The van der Waals surface area contributed by atoms with Crippen LogP contribution < -0.4 is 5.32 Å². The van der Waals surface area contributed by atoms with E-state index >= 15 is 0 Å². The van der Waals surface area contributed by atoms with E-state index in [4.69, 9.17) is 0 Å². The molecule has 1 N–H and O–H groups in total. The number of benzene rings is 1. The molecular formula is C14H21BrN2. The largest absolute Gasteiger partial charge is 0.314 e. The molecule has 0 aromatic heterocycles. The molecule has 2 nitrogen and oxygen atoms in total. The minimum atomic E-state index is 0.246. The van der Waals surface area contributed by atoms with Gasteiger partial charge in [0, 0.05) is 36.2 Å². The van der Waals surface area contributed by atoms with Gasteiger partial charge in [0.25, 0.3) is 0 Å². The molecule has 0 bridgehead atoms. The van der Waals surface area contributed by atoms with E-state index in [1.54, 1.807) is 0 Å². The molecule has 0 unspecified atom stereocenters. The number of piperazine rings is 1. The van der Waals surface area contributed by atoms with E-state index in [1.165, 1.54) is 15.6 Å². The van der Waals surface area contributed by atoms with Crippen LogP contribution in [-0.4, -0.2) is 30.1 Å². The third-order valence-electron chi connectivity index (χ3n) is 3.58. The third kappa shape index (κ3) is 3.09. The van der Waals surface area contributed by atoms with Gasteiger partial charge in [0.15, 0.2) is 0 Å². The van der Waals surface area contributed by atoms with Gasteiger partial charge in [0.2, 0.25) is 0 Å². The Hall–Kier alpha value is -0.380. The van der Waals surface area contributed by atoms with Crippen LogP contribution in [-0.2, 0) is 6.54 Å². The van der Waals surface area contributed by atoms with Gasteiger partial charge in [-0.2, -0.15) is 0 Å². The van der Waals surface area contributed by atoms with Crippen LogP contribution in [0.25, 0.3) is 0 Å². The summed E-state index contributed by atoms with van der Waals surface area (Å²) in [6.07, 6.45) is 0. The Morgan fingerprint density at radius 1 is 1.41 bits per heavy atom. The molecular weight excluding hydrogens is 276 g/mol. The van der Waals surface area contributed by atoms with Gasteiger partial charge in [-0.25, -0.2) is 0 Å². The second-order valence-corrected chi connectivity index (χ2v) is 6.35. The summed E-state index contributed by atoms with van der Waals surface area (Å²) in [5, 5.41) is 3.46. The van der Waals surface area contributed by atoms with Crippen molar-refractivity contribution < 1.29 is 0 Å². The lowest BCUT2D eigenvalue weighted by Gasteiger charge is -2.43. The molecule has 17 heavy (non-hydrogen) atoms. The molecule has 0 spiro atoms. The van der Waals surface area contributed by atoms with Gasteiger partial charge < -0.3 is 5.32 Å². The van der Waals surface area contributed by atoms with Crippen LogP contribution in [0.5, 0.6) is 0 Å². The van der Waals surface area contributed by atoms with Crippen LogP contribution in [0.1, 0.15) is 25.0 Å². The first-order chi connectivity index (χ1) is 7.99. The summed E-state index contributed by atoms with van der Waals surface area (Å²) in [7, 11) is 0. The van der Waals surface area contributed by atoms with E-state index in [0.29, 0.717) is 0 Å². The van der Waals surface area contributed by atoms with Crippen LogP contribution in [0.15, 0.2) is 22.7 Å². The lowest BCUT2D eigenvalue weighted by atomic mass is 9.99. The molecule has 1 heterocycles. The van der Waals surface area contributed by atoms with Crippen LogP contribution >= 0.6 is 15.9 Å². The quantitative estimate of drug-likeness (QED) is 0.903. The molecule has 1 saturated heterocycles. The van der Waals surface area contributed by atoms with Gasteiger partial charge >= 0.3 is 0 Å². The van der Waals surface area contributed by atoms with Gasteiger partial charge in [-0.05, 0) is 38.0 Å². The fourth-order valence-electron chi connectivity index (χ4n) is 2.27. The average Bonchev–Trinajstić information content (AvgIpc) is 2.26. The molecule has 1 fully saturated rings. The fraction of sp³-hybridized carbons (Fsp3) is 0.571. The van der Waals surface area contributed by atoms with Crippen molar-refractivity contribution in [1.82, 2.24) is 10.2 Å². The summed E-state index contributed by atoms with van der Waals surface area (Å²) < 4.78 is 1.21. The van der Waals surface area contributed by atoms with Gasteiger partial charge in [-0.3, -0.25) is 4.90 Å². The van der Waals surface area contributed by atoms with Crippen LogP contribution in [0.3, 0.4) is 0 Å². The molecule has 1 aliphatic rings. The molecule has 3 heteroatoms. The standard InChI is InChI=1S/C14H21BrN2/c1-11-4-5-12(8-13(11)15)9-17-7-6-16-10-14(17,2)3/h4-5,8,16H,6-7,9-10H2,1-3H3. The van der Waals surface area contributed by atoms with Crippen molar-refractivity contribution in [2.24, 2.45) is 0 Å². The molecule has 1 aromatic carbocycles. The number of hydrogen-bond donors (Lipinski definition) is 1. The Labute approximate surface area is 113 Å². The number of aryl methyl sites for hydroxylation is 1. The monoisotopic (exact) mass is 296 g/mol. The predicted octanol–water partition coefficient (Wildman–Crippen LogP) is 2.94. The predicted molar refractivity (Wildman–Crippen MR) is 76.2 cm³/mol. The summed E-state index contributed by atoms with van der Waals surface area (Å²) in [5.74, 6) is 0. The van der Waals surface area contributed by atoms with Crippen molar-refractivity contribution in [1.29, 1.82) is 0 Å². The van der Waals surface area contributed by atoms with Crippen molar-refractivity contribution in [2.75, 3.05) is 19.6 Å². The van der Waals surface area contributed by atoms with Crippen LogP contribution in [0, 0.1) is 6.92 Å². The summed E-state index contributed by atoms with van der Waals surface area (Å²) in [5.41, 5.74) is 2.93. The van der Waals surface area contributed by atoms with Gasteiger partial charge in [-0.15, -0.1) is 0 Å². The fourth-order valence-corrected chi connectivity index (χ4v) is 2.70. The molecule has 0 atom stereocenters. The molecule has 0 aliphatic carbocycles. The van der Waals surface area contributed by atoms with Crippen LogP contribution in [0.4, 0.5) is 0 Å². The highest BCUT2D eigenvalue weighted by molar-refractivity contribution is 9.10. The van der Waals surface area contributed by atoms with E-state index in [2.05, 4.69) is 65.1 Å². The van der Waals surface area contributed by atoms with Gasteiger partial charge in [-0.1, -0.05) is 28.1 Å². The topological polar surface area (TPSA) is 15.3 Å². The Morgan fingerprint density at radius 3 is 2.82 bits per heavy atom. The Kier molecular flexibility index (Phi) is 3.91. The lowest BCUT2D eigenvalue weighted by Crippen LogP contribution is -2.57. The third-order valence-corrected chi connectivity index (χ3v) is 4.44. The Morgan fingerprint density at radius 2 is 2.18 bits per heavy atom. The minimum Gasteiger partial charge on any atom is -0.314 e. The number of hydrogen-bond acceptors (Lipinski definition) is 2. The normalized spacial score (nSPS) is 20.5. The lowest BCUT2D eigenvalue weighted by molar-refractivity contribution is 0.0827. The zero-order valence-corrected chi connectivity index (χ0v) is 12.5. The maximum atomic E-state index is 3.61. The molecule has 0 amide bonds. The zero-order chi connectivity index (χ0) is 12.5. The second-order valence-electron chi connectivity index (χ2n) is 5.49. The average molecular weight is 297 g/mol. The van der Waals surface area contributed by atoms with Crippen molar-refractivity contribution in [3.05, 3.63) is 33.8 Å². The summed E-state index contributed by atoms with van der Waals surface area (Å²) in [4.78, 5) is 2.56. The SMILES string of the molecule is Cc1ccc(CN2CCNCC2(C)C)cc1Br. The summed E-state index contributed by atoms with van der Waals surface area (Å²) in [6, 6.07) is 6.67. The minimum absolute atomic E-state index is 0.246. The highest BCUT2D eigenvalue weighted by atomic mass is 79.9. The Bertz CT molecular complexity index is 401. The van der Waals surface area contributed by atoms with Crippen LogP contribution in [0.2, 0.25) is 0 Å². The summed E-state index contributed by atoms with van der Waals surface area (Å²) >= 11 is 3.61. The number of rotatable bonds is 2. The molecule has 1 aliphatic heterocycles. The molecule has 0 radical (unpaired) electrons. The highest BCUT2D eigenvalue weighted by Gasteiger charge is 2.29. The highest BCUT2D eigenvalue weighted by Crippen LogP contribution is 2.22. The zero-order valence-electron chi connectivity index (χ0n) is 10.9. The van der Waals surface area contributed by atoms with E-state index in [-0.39, 0.29) is 5.54 Å². The van der Waals surface area contributed by atoms with Crippen molar-refractivity contribution in [3.8, 4) is 0 Å². The van der Waals surface area contributed by atoms with E-state index in [9.17, 15) is 0 Å². The van der Waals surface area contributed by atoms with Gasteiger partial charge in [0.05, 0.1) is 0 Å². The maximum absolute atomic E-state index is 3.61. The first kappa shape index (κ1) is 13.1. The van der Waals surface area contributed by atoms with E-state index in [1.807, 2.05) is 0 Å². The summed E-state index contributed by atoms with van der Waals surface area (Å²) in [6.45, 7) is 11.1. The molecule has 1 aromatic rings. The number of halogens is 1. The van der Waals surface area contributed by atoms with E-state index in [0.717, 1.165) is 26.2 Å². The van der Waals surface area contributed by atoms with Crippen molar-refractivity contribution in [3.63, 3.8) is 0 Å². The van der Waals surface area contributed by atoms with E-state index < -0.39 is 0 Å². The molecule has 2 rings (SSSR count).